The average Bonchev–Trinajstić information content (AvgIpc) is 2.30. The van der Waals surface area contributed by atoms with Crippen LogP contribution in [0, 0.1) is 10.1 Å². The first kappa shape index (κ1) is 13.9. The number of nitro benzene ring substituents is 1. The Labute approximate surface area is 93.1 Å². The number of nitrogens with zero attached hydrogens (tertiary/aromatic N) is 1. The molecule has 0 aliphatic heterocycles. The maximum atomic E-state index is 10.7. The summed E-state index contributed by atoms with van der Waals surface area (Å²) in [5.74, 6) is -1.20. The van der Waals surface area contributed by atoms with Crippen molar-refractivity contribution >= 4 is 17.3 Å². The number of carboxylic acid groups (broad SMARTS) is 1. The number of hydrogen-bond donors (Lipinski definition) is 2. The summed E-state index contributed by atoms with van der Waals surface area (Å²) in [5.41, 5.74) is 0.00574. The van der Waals surface area contributed by atoms with Crippen molar-refractivity contribution in [2.45, 2.75) is 13.8 Å². The highest BCUT2D eigenvalue weighted by molar-refractivity contribution is 5.95. The molecule has 16 heavy (non-hydrogen) atoms. The van der Waals surface area contributed by atoms with Gasteiger partial charge in [0.1, 0.15) is 0 Å². The van der Waals surface area contributed by atoms with Gasteiger partial charge in [-0.05, 0) is 6.07 Å². The van der Waals surface area contributed by atoms with Gasteiger partial charge >= 0.3 is 5.97 Å². The first-order valence-electron chi connectivity index (χ1n) is 4.75. The molecule has 0 aliphatic carbocycles. The summed E-state index contributed by atoms with van der Waals surface area (Å²) in [4.78, 5) is 20.4. The van der Waals surface area contributed by atoms with Crippen molar-refractivity contribution in [3.63, 3.8) is 0 Å². The highest BCUT2D eigenvalue weighted by atomic mass is 16.6. The number of benzene rings is 1. The molecule has 0 amide bonds. The van der Waals surface area contributed by atoms with Gasteiger partial charge in [-0.2, -0.15) is 0 Å². The van der Waals surface area contributed by atoms with Crippen molar-refractivity contribution in [1.82, 2.24) is 0 Å². The van der Waals surface area contributed by atoms with Crippen molar-refractivity contribution in [1.29, 1.82) is 0 Å². The number of nitro groups is 1. The molecule has 1 rings (SSSR count). The fourth-order valence-corrected chi connectivity index (χ4v) is 1.04. The second-order valence-corrected chi connectivity index (χ2v) is 2.54. The molecule has 88 valence electrons. The van der Waals surface area contributed by atoms with E-state index in [-0.39, 0.29) is 11.3 Å². The zero-order chi connectivity index (χ0) is 12.7. The normalized spacial score (nSPS) is 8.69. The summed E-state index contributed by atoms with van der Waals surface area (Å²) in [6, 6.07) is 3.63. The van der Waals surface area contributed by atoms with E-state index < -0.39 is 10.9 Å². The standard InChI is InChI=1S/C8H8N2O4.C2H6/c1-9-7-3-2-5(10(13)14)4-6(7)8(11)12;1-2/h2-4,9H,1H3,(H,11,12);1-2H3. The van der Waals surface area contributed by atoms with Crippen LogP contribution in [0.1, 0.15) is 24.2 Å². The van der Waals surface area contributed by atoms with Crippen molar-refractivity contribution in [3.05, 3.63) is 33.9 Å². The maximum Gasteiger partial charge on any atom is 0.338 e. The van der Waals surface area contributed by atoms with Crippen LogP contribution in [0.4, 0.5) is 11.4 Å². The first-order valence-corrected chi connectivity index (χ1v) is 4.75. The Morgan fingerprint density at radius 3 is 2.38 bits per heavy atom. The van der Waals surface area contributed by atoms with Crippen LogP contribution < -0.4 is 5.32 Å². The van der Waals surface area contributed by atoms with Crippen LogP contribution in [0.3, 0.4) is 0 Å². The highest BCUT2D eigenvalue weighted by Crippen LogP contribution is 2.21. The topological polar surface area (TPSA) is 92.5 Å². The molecule has 0 spiro atoms. The monoisotopic (exact) mass is 226 g/mol. The number of carbonyl (C=O) groups is 1. The lowest BCUT2D eigenvalue weighted by Crippen LogP contribution is -2.03. The molecule has 0 unspecified atom stereocenters. The van der Waals surface area contributed by atoms with E-state index in [2.05, 4.69) is 5.32 Å². The Hall–Kier alpha value is -2.11. The average molecular weight is 226 g/mol. The number of carboxylic acids is 1. The van der Waals surface area contributed by atoms with Gasteiger partial charge in [0.2, 0.25) is 0 Å². The molecule has 0 bridgehead atoms. The van der Waals surface area contributed by atoms with Crippen molar-refractivity contribution in [2.24, 2.45) is 0 Å². The Bertz CT molecular complexity index is 390. The third kappa shape index (κ3) is 3.23. The molecule has 0 aromatic heterocycles. The van der Waals surface area contributed by atoms with Gasteiger partial charge in [-0.25, -0.2) is 4.79 Å². The molecule has 6 nitrogen and oxygen atoms in total. The molecule has 0 saturated carbocycles. The van der Waals surface area contributed by atoms with Gasteiger partial charge < -0.3 is 10.4 Å². The minimum absolute atomic E-state index is 0.110. The predicted octanol–water partition coefficient (Wildman–Crippen LogP) is 2.36. The number of aromatic carboxylic acids is 1. The van der Waals surface area contributed by atoms with E-state index >= 15 is 0 Å². The van der Waals surface area contributed by atoms with E-state index in [9.17, 15) is 14.9 Å². The van der Waals surface area contributed by atoms with Crippen molar-refractivity contribution in [2.75, 3.05) is 12.4 Å². The van der Waals surface area contributed by atoms with E-state index in [1.165, 1.54) is 12.1 Å². The van der Waals surface area contributed by atoms with E-state index in [4.69, 9.17) is 5.11 Å². The van der Waals surface area contributed by atoms with Crippen LogP contribution in [0.2, 0.25) is 0 Å². The Morgan fingerprint density at radius 2 is 2.00 bits per heavy atom. The van der Waals surface area contributed by atoms with Gasteiger partial charge in [-0.3, -0.25) is 10.1 Å². The van der Waals surface area contributed by atoms with Crippen molar-refractivity contribution < 1.29 is 14.8 Å². The fourth-order valence-electron chi connectivity index (χ4n) is 1.04. The molecule has 0 radical (unpaired) electrons. The first-order chi connectivity index (χ1) is 7.56. The summed E-state index contributed by atoms with van der Waals surface area (Å²) in [6.45, 7) is 4.00. The van der Waals surface area contributed by atoms with Crippen LogP contribution >= 0.6 is 0 Å². The van der Waals surface area contributed by atoms with Gasteiger partial charge in [-0.15, -0.1) is 0 Å². The molecular weight excluding hydrogens is 212 g/mol. The SMILES string of the molecule is CC.CNc1ccc([N+](=O)[O-])cc1C(=O)O. The Morgan fingerprint density at radius 1 is 1.44 bits per heavy atom. The molecular formula is C10H14N2O4. The minimum atomic E-state index is -1.20. The van der Waals surface area contributed by atoms with Crippen LogP contribution in [0.15, 0.2) is 18.2 Å². The zero-order valence-electron chi connectivity index (χ0n) is 9.35. The third-order valence-corrected chi connectivity index (χ3v) is 1.71. The lowest BCUT2D eigenvalue weighted by atomic mass is 10.1. The molecule has 6 heteroatoms. The molecule has 0 heterocycles. The lowest BCUT2D eigenvalue weighted by Gasteiger charge is -2.03. The lowest BCUT2D eigenvalue weighted by molar-refractivity contribution is -0.384. The maximum absolute atomic E-state index is 10.7. The van der Waals surface area contributed by atoms with Gasteiger partial charge in [0.25, 0.3) is 5.69 Å². The van der Waals surface area contributed by atoms with Crippen LogP contribution in [-0.2, 0) is 0 Å². The van der Waals surface area contributed by atoms with Gasteiger partial charge in [0.15, 0.2) is 0 Å². The van der Waals surface area contributed by atoms with Crippen LogP contribution in [0.5, 0.6) is 0 Å². The van der Waals surface area contributed by atoms with Gasteiger partial charge in [-0.1, -0.05) is 13.8 Å². The second-order valence-electron chi connectivity index (χ2n) is 2.54. The summed E-state index contributed by atoms with van der Waals surface area (Å²) in [5, 5.41) is 21.7. The van der Waals surface area contributed by atoms with E-state index in [1.807, 2.05) is 13.8 Å². The quantitative estimate of drug-likeness (QED) is 0.609. The second kappa shape index (κ2) is 6.39. The molecule has 1 aromatic carbocycles. The molecule has 0 aliphatic rings. The summed E-state index contributed by atoms with van der Waals surface area (Å²) in [7, 11) is 1.55. The molecule has 0 fully saturated rings. The predicted molar refractivity (Wildman–Crippen MR) is 61.0 cm³/mol. The number of nitrogens with one attached hydrogen (secondary N) is 1. The van der Waals surface area contributed by atoms with E-state index in [1.54, 1.807) is 7.05 Å². The minimum Gasteiger partial charge on any atom is -0.478 e. The zero-order valence-corrected chi connectivity index (χ0v) is 9.35. The Balaban J connectivity index is 0.00000106. The number of rotatable bonds is 3. The number of anilines is 1. The van der Waals surface area contributed by atoms with E-state index in [0.717, 1.165) is 6.07 Å². The fraction of sp³-hybridized carbons (Fsp3) is 0.300. The van der Waals surface area contributed by atoms with Crippen LogP contribution in [-0.4, -0.2) is 23.0 Å². The summed E-state index contributed by atoms with van der Waals surface area (Å²) >= 11 is 0. The summed E-state index contributed by atoms with van der Waals surface area (Å²) < 4.78 is 0. The van der Waals surface area contributed by atoms with Crippen molar-refractivity contribution in [3.8, 4) is 0 Å². The van der Waals surface area contributed by atoms with Gasteiger partial charge in [0.05, 0.1) is 10.5 Å². The number of non-ortho nitro benzene ring substituents is 1. The summed E-state index contributed by atoms with van der Waals surface area (Å²) in [6.07, 6.45) is 0. The van der Waals surface area contributed by atoms with E-state index in [0.29, 0.717) is 5.69 Å². The van der Waals surface area contributed by atoms with Gasteiger partial charge in [0, 0.05) is 24.9 Å². The smallest absolute Gasteiger partial charge is 0.338 e. The molecule has 1 aromatic rings. The highest BCUT2D eigenvalue weighted by Gasteiger charge is 2.14. The number of hydrogen-bond acceptors (Lipinski definition) is 4. The van der Waals surface area contributed by atoms with Crippen LogP contribution in [0.25, 0.3) is 0 Å². The molecule has 0 atom stereocenters. The molecule has 0 saturated heterocycles. The largest absolute Gasteiger partial charge is 0.478 e. The third-order valence-electron chi connectivity index (χ3n) is 1.71. The Kier molecular flexibility index (Phi) is 5.55. The molecule has 2 N–H and O–H groups in total.